The molecule has 0 radical (unpaired) electrons. The molecular formula is C18H35N3O2. The van der Waals surface area contributed by atoms with Gasteiger partial charge in [-0.15, -0.1) is 0 Å². The Kier molecular flexibility index (Phi) is 6.72. The van der Waals surface area contributed by atoms with E-state index < -0.39 is 5.60 Å². The van der Waals surface area contributed by atoms with Crippen molar-refractivity contribution < 1.29 is 9.53 Å². The molecule has 0 aromatic heterocycles. The maximum absolute atomic E-state index is 12.1. The minimum absolute atomic E-state index is 0.160. The third-order valence-electron chi connectivity index (χ3n) is 5.00. The highest BCUT2D eigenvalue weighted by Crippen LogP contribution is 2.19. The van der Waals surface area contributed by atoms with Crippen LogP contribution >= 0.6 is 0 Å². The third-order valence-corrected chi connectivity index (χ3v) is 5.00. The Balaban J connectivity index is 1.62. The van der Waals surface area contributed by atoms with Gasteiger partial charge in [0, 0.05) is 25.7 Å². The fourth-order valence-electron chi connectivity index (χ4n) is 3.50. The Morgan fingerprint density at radius 1 is 1.09 bits per heavy atom. The molecule has 1 atom stereocenters. The number of likely N-dealkylation sites (N-methyl/N-ethyl adjacent to an activating group) is 1. The number of amides is 1. The van der Waals surface area contributed by atoms with Crippen LogP contribution in [-0.4, -0.2) is 67.3 Å². The quantitative estimate of drug-likeness (QED) is 0.863. The van der Waals surface area contributed by atoms with Crippen LogP contribution in [0.25, 0.3) is 0 Å². The predicted molar refractivity (Wildman–Crippen MR) is 93.7 cm³/mol. The van der Waals surface area contributed by atoms with Crippen LogP contribution in [-0.2, 0) is 4.74 Å². The molecule has 0 aliphatic carbocycles. The number of rotatable bonds is 4. The molecule has 5 heteroatoms. The number of carbonyl (C=O) groups is 1. The van der Waals surface area contributed by atoms with Gasteiger partial charge in [0.05, 0.1) is 0 Å². The minimum Gasteiger partial charge on any atom is -0.444 e. The lowest BCUT2D eigenvalue weighted by Crippen LogP contribution is -2.46. The molecule has 2 aliphatic rings. The van der Waals surface area contributed by atoms with E-state index in [4.69, 9.17) is 4.74 Å². The summed E-state index contributed by atoms with van der Waals surface area (Å²) in [6.45, 7) is 10.8. The van der Waals surface area contributed by atoms with Crippen LogP contribution in [0, 0.1) is 5.92 Å². The van der Waals surface area contributed by atoms with E-state index in [-0.39, 0.29) is 6.09 Å². The second-order valence-corrected chi connectivity index (χ2v) is 8.20. The lowest BCUT2D eigenvalue weighted by molar-refractivity contribution is 0.0183. The maximum atomic E-state index is 12.1. The molecule has 134 valence electrons. The van der Waals surface area contributed by atoms with Crippen LogP contribution in [0.5, 0.6) is 0 Å². The zero-order valence-corrected chi connectivity index (χ0v) is 15.4. The first-order chi connectivity index (χ1) is 10.8. The van der Waals surface area contributed by atoms with E-state index in [0.717, 1.165) is 39.0 Å². The molecule has 0 aromatic carbocycles. The fourth-order valence-corrected chi connectivity index (χ4v) is 3.50. The minimum atomic E-state index is -0.401. The molecule has 0 aromatic rings. The molecule has 2 aliphatic heterocycles. The number of carbonyl (C=O) groups excluding carboxylic acids is 1. The van der Waals surface area contributed by atoms with Crippen molar-refractivity contribution in [3.8, 4) is 0 Å². The first-order valence-corrected chi connectivity index (χ1v) is 9.24. The molecule has 5 nitrogen and oxygen atoms in total. The Morgan fingerprint density at radius 3 is 2.39 bits per heavy atom. The number of nitrogens with one attached hydrogen (secondary N) is 1. The summed E-state index contributed by atoms with van der Waals surface area (Å²) in [4.78, 5) is 16.4. The molecule has 1 N–H and O–H groups in total. The fraction of sp³-hybridized carbons (Fsp3) is 0.944. The molecular weight excluding hydrogens is 290 g/mol. The van der Waals surface area contributed by atoms with Crippen LogP contribution in [0.1, 0.15) is 52.9 Å². The van der Waals surface area contributed by atoms with Gasteiger partial charge >= 0.3 is 6.09 Å². The van der Waals surface area contributed by atoms with Crippen LogP contribution in [0.4, 0.5) is 4.79 Å². The zero-order chi connectivity index (χ0) is 16.9. The van der Waals surface area contributed by atoms with E-state index in [1.54, 1.807) is 0 Å². The normalized spacial score (nSPS) is 24.7. The van der Waals surface area contributed by atoms with Crippen molar-refractivity contribution in [2.75, 3.05) is 39.8 Å². The van der Waals surface area contributed by atoms with E-state index in [1.165, 1.54) is 25.8 Å². The molecule has 1 amide bonds. The first-order valence-electron chi connectivity index (χ1n) is 9.24. The Labute approximate surface area is 141 Å². The van der Waals surface area contributed by atoms with Gasteiger partial charge in [-0.25, -0.2) is 4.79 Å². The van der Waals surface area contributed by atoms with E-state index in [1.807, 2.05) is 25.7 Å². The van der Waals surface area contributed by atoms with Gasteiger partial charge < -0.3 is 19.9 Å². The Bertz CT molecular complexity index is 373. The zero-order valence-electron chi connectivity index (χ0n) is 15.4. The second-order valence-electron chi connectivity index (χ2n) is 8.20. The molecule has 23 heavy (non-hydrogen) atoms. The summed E-state index contributed by atoms with van der Waals surface area (Å²) in [6.07, 6.45) is 6.02. The Hall–Kier alpha value is -0.810. The van der Waals surface area contributed by atoms with Crippen molar-refractivity contribution >= 4 is 6.09 Å². The molecule has 1 unspecified atom stereocenters. The second kappa shape index (κ2) is 8.34. The number of hydrogen-bond donors (Lipinski definition) is 1. The molecule has 0 spiro atoms. The van der Waals surface area contributed by atoms with Gasteiger partial charge in [-0.05, 0) is 72.5 Å². The number of ether oxygens (including phenoxy) is 1. The average Bonchev–Trinajstić information content (AvgIpc) is 2.48. The summed E-state index contributed by atoms with van der Waals surface area (Å²) in [7, 11) is 2.24. The van der Waals surface area contributed by atoms with E-state index in [0.29, 0.717) is 12.0 Å². The van der Waals surface area contributed by atoms with Crippen molar-refractivity contribution in [1.29, 1.82) is 0 Å². The highest BCUT2D eigenvalue weighted by atomic mass is 16.6. The van der Waals surface area contributed by atoms with Crippen molar-refractivity contribution in [2.24, 2.45) is 5.92 Å². The largest absolute Gasteiger partial charge is 0.444 e. The molecule has 0 bridgehead atoms. The number of likely N-dealkylation sites (tertiary alicyclic amines) is 2. The number of hydrogen-bond acceptors (Lipinski definition) is 4. The van der Waals surface area contributed by atoms with Crippen molar-refractivity contribution in [3.63, 3.8) is 0 Å². The highest BCUT2D eigenvalue weighted by Gasteiger charge is 2.27. The molecule has 2 heterocycles. The summed E-state index contributed by atoms with van der Waals surface area (Å²) < 4.78 is 5.45. The predicted octanol–water partition coefficient (Wildman–Crippen LogP) is 2.71. The summed E-state index contributed by atoms with van der Waals surface area (Å²) in [6, 6.07) is 0.700. The SMILES string of the molecule is CN1CCCCC1CNCC1CCN(C(=O)OC(C)(C)C)CC1. The summed E-state index contributed by atoms with van der Waals surface area (Å²) in [5.74, 6) is 0.683. The van der Waals surface area contributed by atoms with Crippen molar-refractivity contribution in [2.45, 2.75) is 64.5 Å². The van der Waals surface area contributed by atoms with Gasteiger partial charge in [0.1, 0.15) is 5.60 Å². The van der Waals surface area contributed by atoms with Crippen LogP contribution in [0.2, 0.25) is 0 Å². The third kappa shape index (κ3) is 6.30. The highest BCUT2D eigenvalue weighted by molar-refractivity contribution is 5.68. The van der Waals surface area contributed by atoms with Crippen molar-refractivity contribution in [1.82, 2.24) is 15.1 Å². The van der Waals surface area contributed by atoms with Gasteiger partial charge in [-0.3, -0.25) is 0 Å². The van der Waals surface area contributed by atoms with E-state index >= 15 is 0 Å². The average molecular weight is 325 g/mol. The van der Waals surface area contributed by atoms with Gasteiger partial charge in [-0.2, -0.15) is 0 Å². The lowest BCUT2D eigenvalue weighted by atomic mass is 9.96. The Morgan fingerprint density at radius 2 is 1.78 bits per heavy atom. The first kappa shape index (κ1) is 18.5. The molecule has 2 saturated heterocycles. The topological polar surface area (TPSA) is 44.8 Å². The molecule has 2 fully saturated rings. The van der Waals surface area contributed by atoms with Crippen LogP contribution < -0.4 is 5.32 Å². The standard InChI is InChI=1S/C18H35N3O2/c1-18(2,3)23-17(22)21-11-8-15(9-12-21)13-19-14-16-7-5-6-10-20(16)4/h15-16,19H,5-14H2,1-4H3. The van der Waals surface area contributed by atoms with Gasteiger partial charge in [0.25, 0.3) is 0 Å². The number of nitrogens with zero attached hydrogens (tertiary/aromatic N) is 2. The molecule has 0 saturated carbocycles. The molecule has 2 rings (SSSR count). The van der Waals surface area contributed by atoms with Gasteiger partial charge in [0.15, 0.2) is 0 Å². The summed E-state index contributed by atoms with van der Waals surface area (Å²) in [5, 5.41) is 3.66. The summed E-state index contributed by atoms with van der Waals surface area (Å²) >= 11 is 0. The lowest BCUT2D eigenvalue weighted by Gasteiger charge is -2.35. The summed E-state index contributed by atoms with van der Waals surface area (Å²) in [5.41, 5.74) is -0.401. The van der Waals surface area contributed by atoms with E-state index in [9.17, 15) is 4.79 Å². The van der Waals surface area contributed by atoms with Gasteiger partial charge in [0.2, 0.25) is 0 Å². The van der Waals surface area contributed by atoms with Crippen molar-refractivity contribution in [3.05, 3.63) is 0 Å². The number of piperidine rings is 2. The van der Waals surface area contributed by atoms with E-state index in [2.05, 4.69) is 17.3 Å². The van der Waals surface area contributed by atoms with Crippen LogP contribution in [0.15, 0.2) is 0 Å². The monoisotopic (exact) mass is 325 g/mol. The van der Waals surface area contributed by atoms with Gasteiger partial charge in [-0.1, -0.05) is 6.42 Å². The van der Waals surface area contributed by atoms with Crippen LogP contribution in [0.3, 0.4) is 0 Å². The maximum Gasteiger partial charge on any atom is 0.410 e. The smallest absolute Gasteiger partial charge is 0.410 e.